The second kappa shape index (κ2) is 7.18. The first-order chi connectivity index (χ1) is 13.5. The lowest BCUT2D eigenvalue weighted by Crippen LogP contribution is -2.06. The van der Waals surface area contributed by atoms with Crippen LogP contribution in [0.15, 0.2) is 65.7 Å². The lowest BCUT2D eigenvalue weighted by atomic mass is 10.1. The molecule has 1 heterocycles. The van der Waals surface area contributed by atoms with Crippen LogP contribution in [0.4, 0.5) is 5.69 Å². The summed E-state index contributed by atoms with van der Waals surface area (Å²) in [6.45, 7) is 0. The van der Waals surface area contributed by atoms with Crippen LogP contribution >= 0.6 is 11.3 Å². The Bertz CT molecular complexity index is 1260. The van der Waals surface area contributed by atoms with E-state index in [0.717, 1.165) is 26.9 Å². The lowest BCUT2D eigenvalue weighted by Gasteiger charge is -2.06. The van der Waals surface area contributed by atoms with Crippen molar-refractivity contribution < 1.29 is 24.8 Å². The fourth-order valence-corrected chi connectivity index (χ4v) is 3.75. The molecular weight excluding hydrogens is 380 g/mol. The van der Waals surface area contributed by atoms with E-state index in [1.54, 1.807) is 17.4 Å². The molecule has 2 N–H and O–H groups in total. The first-order valence-corrected chi connectivity index (χ1v) is 8.94. The minimum Gasteiger partial charge on any atom is -0.478 e. The van der Waals surface area contributed by atoms with Crippen LogP contribution in [0.3, 0.4) is 0 Å². The Hall–Kier alpha value is -3.62. The van der Waals surface area contributed by atoms with Crippen molar-refractivity contribution in [1.29, 1.82) is 0 Å². The number of hydrogen-bond acceptors (Lipinski definition) is 7. The largest absolute Gasteiger partial charge is 0.478 e. The van der Waals surface area contributed by atoms with Gasteiger partial charge in [-0.25, -0.2) is 19.6 Å². The highest BCUT2D eigenvalue weighted by atomic mass is 32.1. The van der Waals surface area contributed by atoms with E-state index in [9.17, 15) is 14.7 Å². The predicted octanol–water partition coefficient (Wildman–Crippen LogP) is 3.96. The number of para-hydroxylation sites is 1. The third kappa shape index (κ3) is 3.46. The minimum atomic E-state index is -1.22. The number of carboxylic acids is 1. The molecule has 138 valence electrons. The van der Waals surface area contributed by atoms with Crippen molar-refractivity contribution in [2.24, 2.45) is 4.99 Å². The average Bonchev–Trinajstić information content (AvgIpc) is 2.71. The number of carboxylic acid groups (broad SMARTS) is 1. The number of hydrogen-bond donors (Lipinski definition) is 2. The summed E-state index contributed by atoms with van der Waals surface area (Å²) < 4.78 is 1.04. The number of fused-ring (bicyclic) bond motifs is 2. The van der Waals surface area contributed by atoms with Crippen molar-refractivity contribution in [1.82, 2.24) is 4.98 Å². The third-order valence-electron chi connectivity index (χ3n) is 4.01. The van der Waals surface area contributed by atoms with E-state index in [1.165, 1.54) is 12.1 Å². The molecule has 0 aromatic heterocycles. The molecule has 0 saturated heterocycles. The minimum absolute atomic E-state index is 0.114. The van der Waals surface area contributed by atoms with Crippen molar-refractivity contribution in [3.63, 3.8) is 0 Å². The molecule has 0 fully saturated rings. The standard InChI is InChI=1S/C20H12N2O5S/c23-19(24)11-7-12(20(25)27-26)9-14(8-11)21-13-5-6-16-18(10-13)28-17-4-2-1-3-15(17)22-16/h1-10,26H,(H,23,24). The normalized spacial score (nSPS) is 11.7. The molecule has 7 nitrogen and oxygen atoms in total. The second-order valence-electron chi connectivity index (χ2n) is 5.90. The van der Waals surface area contributed by atoms with Crippen molar-refractivity contribution in [2.75, 3.05) is 0 Å². The van der Waals surface area contributed by atoms with Gasteiger partial charge in [0.15, 0.2) is 0 Å². The number of aromatic carboxylic acids is 1. The Morgan fingerprint density at radius 2 is 1.79 bits per heavy atom. The number of rotatable bonds is 3. The number of benzene rings is 3. The van der Waals surface area contributed by atoms with Crippen molar-refractivity contribution in [3.8, 4) is 10.6 Å². The van der Waals surface area contributed by atoms with Gasteiger partial charge in [-0.15, -0.1) is 11.3 Å². The molecule has 0 spiro atoms. The van der Waals surface area contributed by atoms with E-state index in [2.05, 4.69) is 14.9 Å². The van der Waals surface area contributed by atoms with E-state index in [-0.39, 0.29) is 16.8 Å². The van der Waals surface area contributed by atoms with Crippen LogP contribution in [0, 0.1) is 0 Å². The van der Waals surface area contributed by atoms with Gasteiger partial charge in [-0.05, 0) is 48.5 Å². The van der Waals surface area contributed by atoms with Gasteiger partial charge < -0.3 is 5.11 Å². The molecule has 4 rings (SSSR count). The summed E-state index contributed by atoms with van der Waals surface area (Å²) in [5, 5.41) is 18.4. The maximum Gasteiger partial charge on any atom is 0.372 e. The molecule has 1 aliphatic carbocycles. The third-order valence-corrected chi connectivity index (χ3v) is 5.12. The lowest BCUT2D eigenvalue weighted by molar-refractivity contribution is -0.182. The van der Waals surface area contributed by atoms with Gasteiger partial charge in [0.05, 0.1) is 43.0 Å². The zero-order valence-corrected chi connectivity index (χ0v) is 15.0. The zero-order chi connectivity index (χ0) is 19.7. The van der Waals surface area contributed by atoms with E-state index in [1.807, 2.05) is 36.4 Å². The van der Waals surface area contributed by atoms with Crippen molar-refractivity contribution >= 4 is 39.2 Å². The molecule has 2 aliphatic rings. The highest BCUT2D eigenvalue weighted by Gasteiger charge is 2.13. The maximum absolute atomic E-state index is 11.6. The molecule has 0 amide bonds. The smallest absolute Gasteiger partial charge is 0.372 e. The molecule has 0 unspecified atom stereocenters. The summed E-state index contributed by atoms with van der Waals surface area (Å²) in [6, 6.07) is 17.0. The van der Waals surface area contributed by atoms with Gasteiger partial charge in [0.25, 0.3) is 0 Å². The van der Waals surface area contributed by atoms with Gasteiger partial charge in [-0.1, -0.05) is 12.1 Å². The van der Waals surface area contributed by atoms with Crippen LogP contribution in [-0.4, -0.2) is 27.3 Å². The molecule has 2 aromatic rings. The Morgan fingerprint density at radius 1 is 1.00 bits per heavy atom. The molecular formula is C20H12N2O5S. The van der Waals surface area contributed by atoms with Gasteiger partial charge in [-0.2, -0.15) is 5.26 Å². The molecule has 8 heteroatoms. The van der Waals surface area contributed by atoms with Crippen LogP contribution in [0.2, 0.25) is 0 Å². The Kier molecular flexibility index (Phi) is 4.56. The maximum atomic E-state index is 11.6. The first-order valence-electron chi connectivity index (χ1n) is 8.12. The summed E-state index contributed by atoms with van der Waals surface area (Å²) >= 11 is 1.57. The topological polar surface area (TPSA) is 109 Å². The van der Waals surface area contributed by atoms with E-state index >= 15 is 0 Å². The molecule has 0 saturated carbocycles. The van der Waals surface area contributed by atoms with Crippen LogP contribution in [0.1, 0.15) is 20.7 Å². The van der Waals surface area contributed by atoms with E-state index in [4.69, 9.17) is 5.26 Å². The van der Waals surface area contributed by atoms with Crippen molar-refractivity contribution in [2.45, 2.75) is 0 Å². The highest BCUT2D eigenvalue weighted by Crippen LogP contribution is 2.29. The van der Waals surface area contributed by atoms with Gasteiger partial charge in [0.2, 0.25) is 0 Å². The quantitative estimate of drug-likeness (QED) is 0.310. The fourth-order valence-electron chi connectivity index (χ4n) is 2.75. The predicted molar refractivity (Wildman–Crippen MR) is 103 cm³/mol. The van der Waals surface area contributed by atoms with Crippen LogP contribution in [-0.2, 0) is 4.89 Å². The number of carbonyl (C=O) groups excluding carboxylic acids is 1. The summed E-state index contributed by atoms with van der Waals surface area (Å²) in [4.78, 5) is 36.5. The molecule has 1 aliphatic heterocycles. The Labute approximate surface area is 162 Å². The first kappa shape index (κ1) is 17.8. The van der Waals surface area contributed by atoms with Crippen molar-refractivity contribution in [3.05, 3.63) is 77.1 Å². The molecule has 0 radical (unpaired) electrons. The molecule has 2 aromatic carbocycles. The van der Waals surface area contributed by atoms with E-state index in [0.29, 0.717) is 5.36 Å². The Morgan fingerprint density at radius 3 is 2.57 bits per heavy atom. The molecule has 0 atom stereocenters. The monoisotopic (exact) mass is 392 g/mol. The van der Waals surface area contributed by atoms with Gasteiger partial charge in [0, 0.05) is 0 Å². The van der Waals surface area contributed by atoms with Gasteiger partial charge >= 0.3 is 11.9 Å². The fraction of sp³-hybridized carbons (Fsp3) is 0. The van der Waals surface area contributed by atoms with Crippen LogP contribution in [0.5, 0.6) is 0 Å². The number of aromatic nitrogens is 1. The second-order valence-corrected chi connectivity index (χ2v) is 6.98. The van der Waals surface area contributed by atoms with Gasteiger partial charge in [0.1, 0.15) is 0 Å². The Balaban J connectivity index is 1.86. The SMILES string of the molecule is O=C(O)c1cc(N=c2ccc3nc4ccccc4sc-3c2)cc(C(=O)OO)c1. The summed E-state index contributed by atoms with van der Waals surface area (Å²) in [5.41, 5.74) is 1.73. The summed E-state index contributed by atoms with van der Waals surface area (Å²) in [6.07, 6.45) is 0. The molecule has 28 heavy (non-hydrogen) atoms. The van der Waals surface area contributed by atoms with Crippen LogP contribution < -0.4 is 5.36 Å². The van der Waals surface area contributed by atoms with E-state index < -0.39 is 11.9 Å². The zero-order valence-electron chi connectivity index (χ0n) is 14.2. The van der Waals surface area contributed by atoms with Crippen LogP contribution in [0.25, 0.3) is 20.8 Å². The summed E-state index contributed by atoms with van der Waals surface area (Å²) in [5.74, 6) is -2.28. The summed E-state index contributed by atoms with van der Waals surface area (Å²) in [7, 11) is 0. The molecule has 0 bridgehead atoms. The number of carbonyl (C=O) groups is 2. The average molecular weight is 392 g/mol. The van der Waals surface area contributed by atoms with Gasteiger partial charge in [-0.3, -0.25) is 4.89 Å². The highest BCUT2D eigenvalue weighted by molar-refractivity contribution is 7.21. The number of nitrogens with zero attached hydrogens (tertiary/aromatic N) is 2.